The zero-order valence-corrected chi connectivity index (χ0v) is 16.4. The van der Waals surface area contributed by atoms with E-state index in [2.05, 4.69) is 5.32 Å². The van der Waals surface area contributed by atoms with Crippen molar-refractivity contribution >= 4 is 16.1 Å². The van der Waals surface area contributed by atoms with Crippen LogP contribution in [0.1, 0.15) is 38.2 Å². The second-order valence-electron chi connectivity index (χ2n) is 7.11. The molecule has 2 aliphatic rings. The highest BCUT2D eigenvalue weighted by Gasteiger charge is 2.46. The normalized spacial score (nSPS) is 19.1. The van der Waals surface area contributed by atoms with Gasteiger partial charge in [-0.15, -0.1) is 0 Å². The second-order valence-corrected chi connectivity index (χ2v) is 8.93. The summed E-state index contributed by atoms with van der Waals surface area (Å²) in [6.45, 7) is 3.05. The van der Waals surface area contributed by atoms with Gasteiger partial charge in [0.25, 0.3) is 0 Å². The van der Waals surface area contributed by atoms with E-state index in [0.717, 1.165) is 12.1 Å². The Labute approximate surface area is 162 Å². The molecule has 0 aromatic heterocycles. The lowest BCUT2D eigenvalue weighted by Gasteiger charge is -2.38. The monoisotopic (exact) mass is 419 g/mol. The van der Waals surface area contributed by atoms with Gasteiger partial charge in [-0.3, -0.25) is 0 Å². The number of urea groups is 1. The van der Waals surface area contributed by atoms with Crippen LogP contribution in [0.3, 0.4) is 0 Å². The SMILES string of the molecule is CCNC(=O)N1CCC(N(C2CC2)S(=O)(=O)c2ccccc2C(F)(F)F)CC1. The molecule has 2 fully saturated rings. The Morgan fingerprint density at radius 2 is 1.71 bits per heavy atom. The summed E-state index contributed by atoms with van der Waals surface area (Å²) < 4.78 is 67.9. The number of amides is 2. The van der Waals surface area contributed by atoms with Gasteiger partial charge in [-0.2, -0.15) is 17.5 Å². The summed E-state index contributed by atoms with van der Waals surface area (Å²) in [5, 5.41) is 2.70. The summed E-state index contributed by atoms with van der Waals surface area (Å²) in [6, 6.07) is 3.44. The van der Waals surface area contributed by atoms with Crippen molar-refractivity contribution in [2.24, 2.45) is 0 Å². The maximum absolute atomic E-state index is 13.4. The number of hydrogen-bond donors (Lipinski definition) is 1. The Morgan fingerprint density at radius 3 is 2.25 bits per heavy atom. The van der Waals surface area contributed by atoms with Crippen LogP contribution in [-0.2, 0) is 16.2 Å². The number of carbonyl (C=O) groups excluding carboxylic acids is 1. The van der Waals surface area contributed by atoms with E-state index in [4.69, 9.17) is 0 Å². The molecule has 0 radical (unpaired) electrons. The lowest BCUT2D eigenvalue weighted by molar-refractivity contribution is -0.139. The summed E-state index contributed by atoms with van der Waals surface area (Å²) in [4.78, 5) is 12.9. The molecule has 1 heterocycles. The summed E-state index contributed by atoms with van der Waals surface area (Å²) in [5.74, 6) is 0. The van der Waals surface area contributed by atoms with Crippen molar-refractivity contribution in [3.8, 4) is 0 Å². The Bertz CT molecular complexity index is 817. The third-order valence-corrected chi connectivity index (χ3v) is 7.16. The largest absolute Gasteiger partial charge is 0.417 e. The number of hydrogen-bond acceptors (Lipinski definition) is 3. The van der Waals surface area contributed by atoms with E-state index < -0.39 is 32.7 Å². The molecule has 0 atom stereocenters. The van der Waals surface area contributed by atoms with Crippen LogP contribution in [0, 0.1) is 0 Å². The van der Waals surface area contributed by atoms with Crippen molar-refractivity contribution in [3.05, 3.63) is 29.8 Å². The van der Waals surface area contributed by atoms with Gasteiger partial charge in [-0.1, -0.05) is 12.1 Å². The van der Waals surface area contributed by atoms with Crippen molar-refractivity contribution in [1.29, 1.82) is 0 Å². The number of nitrogens with one attached hydrogen (secondary N) is 1. The van der Waals surface area contributed by atoms with Gasteiger partial charge in [0, 0.05) is 31.7 Å². The van der Waals surface area contributed by atoms with E-state index in [1.165, 1.54) is 16.4 Å². The minimum Gasteiger partial charge on any atom is -0.338 e. The number of sulfonamides is 1. The quantitative estimate of drug-likeness (QED) is 0.798. The van der Waals surface area contributed by atoms with E-state index in [9.17, 15) is 26.4 Å². The van der Waals surface area contributed by atoms with E-state index in [-0.39, 0.29) is 12.1 Å². The fourth-order valence-electron chi connectivity index (χ4n) is 3.65. The summed E-state index contributed by atoms with van der Waals surface area (Å²) in [7, 11) is -4.30. The van der Waals surface area contributed by atoms with Crippen LogP contribution < -0.4 is 5.32 Å². The minimum absolute atomic E-state index is 0.204. The number of carbonyl (C=O) groups is 1. The molecule has 1 saturated carbocycles. The molecule has 28 heavy (non-hydrogen) atoms. The molecule has 1 aliphatic carbocycles. The molecule has 1 aromatic rings. The van der Waals surface area contributed by atoms with Crippen LogP contribution in [0.4, 0.5) is 18.0 Å². The van der Waals surface area contributed by atoms with E-state index in [0.29, 0.717) is 45.3 Å². The zero-order valence-electron chi connectivity index (χ0n) is 15.6. The van der Waals surface area contributed by atoms with Gasteiger partial charge in [-0.25, -0.2) is 13.2 Å². The Kier molecular flexibility index (Phi) is 5.90. The zero-order chi connectivity index (χ0) is 20.5. The average Bonchev–Trinajstić information content (AvgIpc) is 3.46. The third-order valence-electron chi connectivity index (χ3n) is 5.09. The van der Waals surface area contributed by atoms with Crippen LogP contribution in [-0.4, -0.2) is 55.4 Å². The Hall–Kier alpha value is -1.81. The first kappa shape index (κ1) is 20.9. The van der Waals surface area contributed by atoms with E-state index >= 15 is 0 Å². The van der Waals surface area contributed by atoms with Crippen LogP contribution in [0.25, 0.3) is 0 Å². The Balaban J connectivity index is 1.85. The summed E-state index contributed by atoms with van der Waals surface area (Å²) >= 11 is 0. The van der Waals surface area contributed by atoms with Gasteiger partial charge in [0.05, 0.1) is 10.5 Å². The predicted molar refractivity (Wildman–Crippen MR) is 97.2 cm³/mol. The Morgan fingerprint density at radius 1 is 1.14 bits per heavy atom. The molecular formula is C18H24F3N3O3S. The summed E-state index contributed by atoms with van der Waals surface area (Å²) in [6.07, 6.45) is -2.66. The van der Waals surface area contributed by atoms with Crippen LogP contribution in [0.2, 0.25) is 0 Å². The minimum atomic E-state index is -4.75. The van der Waals surface area contributed by atoms with Crippen molar-refractivity contribution in [1.82, 2.24) is 14.5 Å². The number of nitrogens with zero attached hydrogens (tertiary/aromatic N) is 2. The maximum atomic E-state index is 13.4. The molecule has 0 unspecified atom stereocenters. The average molecular weight is 419 g/mol. The number of alkyl halides is 3. The van der Waals surface area contributed by atoms with Gasteiger partial charge < -0.3 is 10.2 Å². The molecule has 3 rings (SSSR count). The lowest BCUT2D eigenvalue weighted by Crippen LogP contribution is -2.51. The van der Waals surface area contributed by atoms with Crippen molar-refractivity contribution < 1.29 is 26.4 Å². The first-order valence-electron chi connectivity index (χ1n) is 9.38. The highest BCUT2D eigenvalue weighted by atomic mass is 32.2. The molecule has 10 heteroatoms. The molecule has 1 saturated heterocycles. The van der Waals surface area contributed by atoms with Gasteiger partial charge in [0.15, 0.2) is 0 Å². The number of rotatable bonds is 5. The number of likely N-dealkylation sites (tertiary alicyclic amines) is 1. The molecule has 156 valence electrons. The highest BCUT2D eigenvalue weighted by molar-refractivity contribution is 7.89. The van der Waals surface area contributed by atoms with Gasteiger partial charge in [0.2, 0.25) is 10.0 Å². The fourth-order valence-corrected chi connectivity index (χ4v) is 5.79. The molecular weight excluding hydrogens is 395 g/mol. The number of benzene rings is 1. The number of piperidine rings is 1. The fraction of sp³-hybridized carbons (Fsp3) is 0.611. The summed E-state index contributed by atoms with van der Waals surface area (Å²) in [5.41, 5.74) is -1.14. The standard InChI is InChI=1S/C18H24F3N3O3S/c1-2-22-17(25)23-11-9-14(10-12-23)24(13-7-8-13)28(26,27)16-6-4-3-5-15(16)18(19,20)21/h3-6,13-14H,2,7-12H2,1H3,(H,22,25). The van der Waals surface area contributed by atoms with E-state index in [1.54, 1.807) is 4.90 Å². The molecule has 0 spiro atoms. The van der Waals surface area contributed by atoms with Gasteiger partial charge in [-0.05, 0) is 44.7 Å². The predicted octanol–water partition coefficient (Wildman–Crippen LogP) is 3.05. The maximum Gasteiger partial charge on any atom is 0.417 e. The van der Waals surface area contributed by atoms with Crippen molar-refractivity contribution in [3.63, 3.8) is 0 Å². The molecule has 2 amide bonds. The molecule has 0 bridgehead atoms. The first-order valence-corrected chi connectivity index (χ1v) is 10.8. The van der Waals surface area contributed by atoms with Crippen LogP contribution in [0.15, 0.2) is 29.2 Å². The third kappa shape index (κ3) is 4.27. The smallest absolute Gasteiger partial charge is 0.338 e. The second kappa shape index (κ2) is 7.90. The molecule has 6 nitrogen and oxygen atoms in total. The highest BCUT2D eigenvalue weighted by Crippen LogP contribution is 2.40. The molecule has 1 aromatic carbocycles. The topological polar surface area (TPSA) is 69.7 Å². The van der Waals surface area contributed by atoms with Gasteiger partial charge >= 0.3 is 12.2 Å². The van der Waals surface area contributed by atoms with E-state index in [1.807, 2.05) is 6.92 Å². The molecule has 1 aliphatic heterocycles. The lowest BCUT2D eigenvalue weighted by atomic mass is 10.1. The first-order chi connectivity index (χ1) is 13.2. The number of halogens is 3. The van der Waals surface area contributed by atoms with Crippen LogP contribution >= 0.6 is 0 Å². The van der Waals surface area contributed by atoms with Gasteiger partial charge in [0.1, 0.15) is 0 Å². The van der Waals surface area contributed by atoms with Crippen molar-refractivity contribution in [2.75, 3.05) is 19.6 Å². The molecule has 1 N–H and O–H groups in total. The van der Waals surface area contributed by atoms with Crippen molar-refractivity contribution in [2.45, 2.75) is 55.8 Å². The van der Waals surface area contributed by atoms with Crippen LogP contribution in [0.5, 0.6) is 0 Å².